The molecule has 0 saturated carbocycles. The second kappa shape index (κ2) is 6.96. The molecule has 0 amide bonds. The highest BCUT2D eigenvalue weighted by atomic mass is 35.5. The van der Waals surface area contributed by atoms with Crippen molar-refractivity contribution in [1.82, 2.24) is 15.1 Å². The lowest BCUT2D eigenvalue weighted by atomic mass is 9.90. The molecule has 1 N–H and O–H groups in total. The SMILES string of the molecule is Clc1ccc(CN2CCC[C@H](Cc3ccc4[nH]ncc4c3)C2)cc1. The highest BCUT2D eigenvalue weighted by Gasteiger charge is 2.20. The summed E-state index contributed by atoms with van der Waals surface area (Å²) in [6.07, 6.45) is 5.66. The maximum absolute atomic E-state index is 5.98. The number of aromatic nitrogens is 2. The van der Waals surface area contributed by atoms with E-state index < -0.39 is 0 Å². The zero-order valence-corrected chi connectivity index (χ0v) is 14.5. The molecule has 0 bridgehead atoms. The average molecular weight is 340 g/mol. The van der Waals surface area contributed by atoms with Crippen molar-refractivity contribution in [2.24, 2.45) is 5.92 Å². The van der Waals surface area contributed by atoms with E-state index in [-0.39, 0.29) is 0 Å². The van der Waals surface area contributed by atoms with Crippen LogP contribution in [0.1, 0.15) is 24.0 Å². The smallest absolute Gasteiger partial charge is 0.0650 e. The maximum atomic E-state index is 5.98. The summed E-state index contributed by atoms with van der Waals surface area (Å²) in [5, 5.41) is 9.15. The second-order valence-corrected chi connectivity index (χ2v) is 7.30. The molecule has 2 aromatic carbocycles. The van der Waals surface area contributed by atoms with Gasteiger partial charge in [0.2, 0.25) is 0 Å². The summed E-state index contributed by atoms with van der Waals surface area (Å²) in [7, 11) is 0. The van der Waals surface area contributed by atoms with Crippen molar-refractivity contribution in [1.29, 1.82) is 0 Å². The van der Waals surface area contributed by atoms with Gasteiger partial charge >= 0.3 is 0 Å². The zero-order chi connectivity index (χ0) is 16.4. The minimum atomic E-state index is 0.732. The normalized spacial score (nSPS) is 19.0. The molecule has 1 aromatic heterocycles. The fourth-order valence-electron chi connectivity index (χ4n) is 3.76. The first-order chi connectivity index (χ1) is 11.8. The van der Waals surface area contributed by atoms with Crippen molar-refractivity contribution in [3.63, 3.8) is 0 Å². The lowest BCUT2D eigenvalue weighted by molar-refractivity contribution is 0.167. The molecule has 3 nitrogen and oxygen atoms in total. The van der Waals surface area contributed by atoms with Crippen LogP contribution < -0.4 is 0 Å². The van der Waals surface area contributed by atoms with Gasteiger partial charge in [-0.1, -0.05) is 29.8 Å². The summed E-state index contributed by atoms with van der Waals surface area (Å²) in [6, 6.07) is 14.9. The van der Waals surface area contributed by atoms with Gasteiger partial charge < -0.3 is 0 Å². The van der Waals surface area contributed by atoms with Gasteiger partial charge in [-0.15, -0.1) is 0 Å². The monoisotopic (exact) mass is 339 g/mol. The van der Waals surface area contributed by atoms with Crippen molar-refractivity contribution in [2.75, 3.05) is 13.1 Å². The molecule has 2 heterocycles. The summed E-state index contributed by atoms with van der Waals surface area (Å²) in [4.78, 5) is 2.58. The van der Waals surface area contributed by atoms with Crippen molar-refractivity contribution >= 4 is 22.5 Å². The standard InChI is InChI=1S/C20H22ClN3/c21-19-6-3-15(4-7-19)13-24-9-1-2-17(14-24)10-16-5-8-20-18(11-16)12-22-23-20/h3-8,11-12,17H,1-2,9-10,13-14H2,(H,22,23)/t17-/m1/s1. The third-order valence-corrected chi connectivity index (χ3v) is 5.20. The van der Waals surface area contributed by atoms with Crippen LogP contribution >= 0.6 is 11.6 Å². The third-order valence-electron chi connectivity index (χ3n) is 4.95. The van der Waals surface area contributed by atoms with E-state index in [1.165, 1.54) is 42.4 Å². The Kier molecular flexibility index (Phi) is 4.54. The lowest BCUT2D eigenvalue weighted by Crippen LogP contribution is -2.35. The van der Waals surface area contributed by atoms with E-state index in [0.717, 1.165) is 29.4 Å². The van der Waals surface area contributed by atoms with Gasteiger partial charge in [-0.25, -0.2) is 0 Å². The first-order valence-electron chi connectivity index (χ1n) is 8.65. The fourth-order valence-corrected chi connectivity index (χ4v) is 3.89. The Bertz CT molecular complexity index is 809. The molecule has 0 aliphatic carbocycles. The molecule has 3 aromatic rings. The molecule has 1 atom stereocenters. The molecular formula is C20H22ClN3. The van der Waals surface area contributed by atoms with E-state index in [9.17, 15) is 0 Å². The van der Waals surface area contributed by atoms with Crippen LogP contribution in [0.5, 0.6) is 0 Å². The molecule has 124 valence electrons. The van der Waals surface area contributed by atoms with E-state index in [0.29, 0.717) is 0 Å². The second-order valence-electron chi connectivity index (χ2n) is 6.87. The third kappa shape index (κ3) is 3.63. The highest BCUT2D eigenvalue weighted by Crippen LogP contribution is 2.24. The Balaban J connectivity index is 1.39. The number of rotatable bonds is 4. The minimum Gasteiger partial charge on any atom is -0.299 e. The van der Waals surface area contributed by atoms with Crippen molar-refractivity contribution in [3.8, 4) is 0 Å². The van der Waals surface area contributed by atoms with Crippen molar-refractivity contribution < 1.29 is 0 Å². The topological polar surface area (TPSA) is 31.9 Å². The van der Waals surface area contributed by atoms with Crippen LogP contribution in [0.2, 0.25) is 5.02 Å². The van der Waals surface area contributed by atoms with Crippen LogP contribution in [0.3, 0.4) is 0 Å². The number of benzene rings is 2. The van der Waals surface area contributed by atoms with Gasteiger partial charge in [-0.3, -0.25) is 10.00 Å². The summed E-state index contributed by atoms with van der Waals surface area (Å²) in [6.45, 7) is 3.39. The summed E-state index contributed by atoms with van der Waals surface area (Å²) < 4.78 is 0. The summed E-state index contributed by atoms with van der Waals surface area (Å²) in [5.74, 6) is 0.732. The van der Waals surface area contributed by atoms with E-state index >= 15 is 0 Å². The predicted molar refractivity (Wildman–Crippen MR) is 99.3 cm³/mol. The number of halogens is 1. The Labute approximate surface area is 147 Å². The van der Waals surface area contributed by atoms with Crippen molar-refractivity contribution in [2.45, 2.75) is 25.8 Å². The van der Waals surface area contributed by atoms with E-state index in [2.05, 4.69) is 45.4 Å². The number of fused-ring (bicyclic) bond motifs is 1. The summed E-state index contributed by atoms with van der Waals surface area (Å²) >= 11 is 5.98. The molecular weight excluding hydrogens is 318 g/mol. The molecule has 4 heteroatoms. The van der Waals surface area contributed by atoms with Crippen molar-refractivity contribution in [3.05, 3.63) is 64.8 Å². The van der Waals surface area contributed by atoms with Crippen LogP contribution in [0.15, 0.2) is 48.7 Å². The summed E-state index contributed by atoms with van der Waals surface area (Å²) in [5.41, 5.74) is 3.88. The van der Waals surface area contributed by atoms with Gasteiger partial charge in [0.05, 0.1) is 11.7 Å². The average Bonchev–Trinajstić information content (AvgIpc) is 3.05. The Morgan fingerprint density at radius 3 is 2.83 bits per heavy atom. The van der Waals surface area contributed by atoms with Crippen LogP contribution in [-0.2, 0) is 13.0 Å². The highest BCUT2D eigenvalue weighted by molar-refractivity contribution is 6.30. The number of nitrogens with zero attached hydrogens (tertiary/aromatic N) is 2. The first kappa shape index (κ1) is 15.7. The quantitative estimate of drug-likeness (QED) is 0.749. The van der Waals surface area contributed by atoms with Crippen LogP contribution in [0.4, 0.5) is 0 Å². The van der Waals surface area contributed by atoms with Gasteiger partial charge in [0.15, 0.2) is 0 Å². The van der Waals surface area contributed by atoms with E-state index in [1.807, 2.05) is 18.3 Å². The molecule has 24 heavy (non-hydrogen) atoms. The number of hydrogen-bond donors (Lipinski definition) is 1. The van der Waals surface area contributed by atoms with Gasteiger partial charge in [-0.2, -0.15) is 5.10 Å². The van der Waals surface area contributed by atoms with Gasteiger partial charge in [0.25, 0.3) is 0 Å². The van der Waals surface area contributed by atoms with Gasteiger partial charge in [0.1, 0.15) is 0 Å². The fraction of sp³-hybridized carbons (Fsp3) is 0.350. The van der Waals surface area contributed by atoms with Crippen LogP contribution in [0, 0.1) is 5.92 Å². The number of H-pyrrole nitrogens is 1. The zero-order valence-electron chi connectivity index (χ0n) is 13.7. The number of piperidine rings is 1. The molecule has 1 fully saturated rings. The van der Waals surface area contributed by atoms with E-state index in [4.69, 9.17) is 11.6 Å². The molecule has 0 unspecified atom stereocenters. The molecule has 4 rings (SSSR count). The van der Waals surface area contributed by atoms with Gasteiger partial charge in [0, 0.05) is 23.5 Å². The number of aromatic amines is 1. The largest absolute Gasteiger partial charge is 0.299 e. The Hall–Kier alpha value is -1.84. The molecule has 0 radical (unpaired) electrons. The maximum Gasteiger partial charge on any atom is 0.0650 e. The van der Waals surface area contributed by atoms with E-state index in [1.54, 1.807) is 0 Å². The predicted octanol–water partition coefficient (Wildman–Crippen LogP) is 4.67. The van der Waals surface area contributed by atoms with Crippen LogP contribution in [0.25, 0.3) is 10.9 Å². The Morgan fingerprint density at radius 1 is 1.12 bits per heavy atom. The number of likely N-dealkylation sites (tertiary alicyclic amines) is 1. The minimum absolute atomic E-state index is 0.732. The molecule has 1 saturated heterocycles. The first-order valence-corrected chi connectivity index (χ1v) is 9.03. The number of hydrogen-bond acceptors (Lipinski definition) is 2. The molecule has 0 spiro atoms. The molecule has 1 aliphatic heterocycles. The number of nitrogens with one attached hydrogen (secondary N) is 1. The Morgan fingerprint density at radius 2 is 1.96 bits per heavy atom. The van der Waals surface area contributed by atoms with Crippen LogP contribution in [-0.4, -0.2) is 28.2 Å². The lowest BCUT2D eigenvalue weighted by Gasteiger charge is -2.33. The molecule has 1 aliphatic rings. The van der Waals surface area contributed by atoms with Gasteiger partial charge in [-0.05, 0) is 67.1 Å².